The maximum Gasteiger partial charge on any atom is 0.103 e. The van der Waals surface area contributed by atoms with Crippen molar-refractivity contribution < 1.29 is 0 Å². The van der Waals surface area contributed by atoms with Gasteiger partial charge in [-0.05, 0) is 107 Å². The molecule has 14 rings (SSSR count). The first-order valence-electron chi connectivity index (χ1n) is 34.2. The predicted octanol–water partition coefficient (Wildman–Crippen LogP) is 24.0. The van der Waals surface area contributed by atoms with Crippen molar-refractivity contribution in [3.8, 4) is 34.6 Å². The van der Waals surface area contributed by atoms with Gasteiger partial charge in [0.25, 0.3) is 0 Å². The summed E-state index contributed by atoms with van der Waals surface area (Å²) in [6.45, 7) is 22.4. The normalized spacial score (nSPS) is 16.7. The van der Waals surface area contributed by atoms with Crippen LogP contribution in [0.25, 0.3) is 66.1 Å². The molecule has 100 heavy (non-hydrogen) atoms. The molecule has 2 unspecified atom stereocenters. The Morgan fingerprint density at radius 1 is 0.570 bits per heavy atom. The van der Waals surface area contributed by atoms with Crippen LogP contribution in [0.5, 0.6) is 0 Å². The Balaban J connectivity index is 1.11. The molecule has 0 spiro atoms. The Morgan fingerprint density at radius 3 is 1.79 bits per heavy atom. The van der Waals surface area contributed by atoms with Crippen LogP contribution < -0.4 is 10.6 Å². The van der Waals surface area contributed by atoms with Crippen LogP contribution in [0.15, 0.2) is 370 Å². The van der Waals surface area contributed by atoms with Crippen LogP contribution in [0.1, 0.15) is 83.5 Å². The van der Waals surface area contributed by atoms with Gasteiger partial charge in [-0.25, -0.2) is 0 Å². The van der Waals surface area contributed by atoms with E-state index in [0.717, 1.165) is 106 Å². The number of nitrogens with zero attached hydrogens (tertiary/aromatic N) is 4. The highest BCUT2D eigenvalue weighted by molar-refractivity contribution is 6.18. The van der Waals surface area contributed by atoms with Crippen LogP contribution in [-0.4, -0.2) is 9.13 Å². The Bertz CT molecular complexity index is 5490. The molecule has 482 valence electrons. The number of fused-ring (bicyclic) bond motifs is 10. The average Bonchev–Trinajstić information content (AvgIpc) is 1.51. The fourth-order valence-corrected chi connectivity index (χ4v) is 15.3. The summed E-state index contributed by atoms with van der Waals surface area (Å²) in [5.74, 6) is 0.00205. The second kappa shape index (κ2) is 28.1. The van der Waals surface area contributed by atoms with E-state index in [1.165, 1.54) is 5.56 Å². The summed E-state index contributed by atoms with van der Waals surface area (Å²) in [6, 6.07) is 84.8. The molecule has 6 nitrogen and oxygen atoms in total. The third-order valence-corrected chi connectivity index (χ3v) is 19.6. The molecule has 2 aliphatic rings. The number of para-hydroxylation sites is 4. The molecule has 0 aliphatic heterocycles. The van der Waals surface area contributed by atoms with Gasteiger partial charge in [0.15, 0.2) is 0 Å². The number of allylic oxidation sites excluding steroid dienone is 19. The van der Waals surface area contributed by atoms with Crippen molar-refractivity contribution in [3.05, 3.63) is 415 Å². The fraction of sp³-hybridized carbons (Fsp3) is 0.0851. The molecule has 12 aromatic rings. The first-order chi connectivity index (χ1) is 49.1. The first kappa shape index (κ1) is 64.6. The van der Waals surface area contributed by atoms with Gasteiger partial charge < -0.3 is 19.8 Å². The van der Waals surface area contributed by atoms with Crippen LogP contribution >= 0.6 is 0 Å². The second-order valence-corrected chi connectivity index (χ2v) is 25.8. The summed E-state index contributed by atoms with van der Waals surface area (Å²) < 4.78 is 4.59. The zero-order valence-electron chi connectivity index (χ0n) is 56.4. The topological polar surface area (TPSA) is 81.5 Å². The lowest BCUT2D eigenvalue weighted by molar-refractivity contribution is 0.732. The molecule has 0 bridgehead atoms. The van der Waals surface area contributed by atoms with E-state index in [1.807, 2.05) is 72.9 Å². The average molecular weight is 1290 g/mol. The molecule has 0 saturated heterocycles. The summed E-state index contributed by atoms with van der Waals surface area (Å²) in [6.07, 6.45) is 35.1. The van der Waals surface area contributed by atoms with E-state index in [2.05, 4.69) is 308 Å². The van der Waals surface area contributed by atoms with Gasteiger partial charge in [0.2, 0.25) is 0 Å². The predicted molar refractivity (Wildman–Crippen MR) is 421 cm³/mol. The molecule has 2 atom stereocenters. The quantitative estimate of drug-likeness (QED) is 0.0791. The summed E-state index contributed by atoms with van der Waals surface area (Å²) >= 11 is 0. The van der Waals surface area contributed by atoms with Gasteiger partial charge in [-0.1, -0.05) is 330 Å². The minimum absolute atomic E-state index is 0.00205. The number of aromatic nitrogens is 2. The molecule has 2 N–H and O–H groups in total. The van der Waals surface area contributed by atoms with Gasteiger partial charge >= 0.3 is 0 Å². The number of rotatable bonds is 19. The Kier molecular flexibility index (Phi) is 18.2. The highest BCUT2D eigenvalue weighted by atomic mass is 15.1. The van der Waals surface area contributed by atoms with E-state index in [4.69, 9.17) is 13.2 Å². The molecule has 2 aromatic heterocycles. The van der Waals surface area contributed by atoms with Crippen molar-refractivity contribution >= 4 is 60.7 Å². The van der Waals surface area contributed by atoms with Crippen molar-refractivity contribution in [3.63, 3.8) is 0 Å². The number of hydrogen-bond acceptors (Lipinski definition) is 4. The minimum atomic E-state index is -0.809. The fourth-order valence-electron chi connectivity index (χ4n) is 15.3. The Morgan fingerprint density at radius 2 is 1.14 bits per heavy atom. The number of nitriles is 2. The van der Waals surface area contributed by atoms with Crippen LogP contribution in [0.3, 0.4) is 0 Å². The molecule has 10 aromatic carbocycles. The molecule has 2 heterocycles. The number of hydrogen-bond donors (Lipinski definition) is 2. The zero-order valence-corrected chi connectivity index (χ0v) is 56.4. The van der Waals surface area contributed by atoms with Gasteiger partial charge in [-0.3, -0.25) is 0 Å². The summed E-state index contributed by atoms with van der Waals surface area (Å²) in [5.41, 5.74) is 17.3. The number of nitrogens with one attached hydrogen (secondary N) is 2. The van der Waals surface area contributed by atoms with E-state index in [0.29, 0.717) is 47.0 Å². The first-order valence-corrected chi connectivity index (χ1v) is 34.2. The Hall–Kier alpha value is -12.7. The molecule has 0 fully saturated rings. The summed E-state index contributed by atoms with van der Waals surface area (Å²) in [7, 11) is 0. The van der Waals surface area contributed by atoms with E-state index in [9.17, 15) is 10.5 Å². The molecule has 0 amide bonds. The lowest BCUT2D eigenvalue weighted by Crippen LogP contribution is -2.28. The smallest absolute Gasteiger partial charge is 0.103 e. The third kappa shape index (κ3) is 11.6. The van der Waals surface area contributed by atoms with Crippen LogP contribution in [0, 0.1) is 22.7 Å². The van der Waals surface area contributed by atoms with Crippen molar-refractivity contribution in [2.75, 3.05) is 10.6 Å². The maximum atomic E-state index is 12.7. The number of benzene rings is 10. The SMILES string of the molecule is C=C/C=C\C(C/C1=C/C(C)(c2ccccc2Nc2c(C#N)c(C#N)c(-n3c4ccccc4c4ccc5c(c43)-c3ccccc3C5(c3ccccc3)c3ccccc3)c(-n3c4ccccc4c4ccccc43)c2NC(=C)\C=C/C=C\C=C/C=C\CC)/C=C\C=C/C(=C)CC1=C)c1ccccc1. The minimum Gasteiger partial charge on any atom is -0.352 e. The molecule has 0 radical (unpaired) electrons. The summed E-state index contributed by atoms with van der Waals surface area (Å²) in [5, 5.41) is 37.1. The maximum absolute atomic E-state index is 12.7. The standard InChI is InChI=1S/C94H76N6/c1-7-9-11-12-13-14-15-19-39-67(5)97-89-88(98-83-53-32-31-52-81(83)93(6)59-37-36-38-65(3)60-66(4)70(62-93)61-69(40-10-8-2)68-41-20-16-21-42-68)78(63-95)79(64-96)91(92(89)99-84-54-33-27-47-73(84)74-48-28-34-55-85(74)99)100-86-56-35-29-49-75(86)76-57-58-82-87(90(76)100)77-50-26-30-51-80(77)94(82,71-43-22-17-23-44-71)72-45-24-18-25-46-72/h8-59,62,69,97-98H,2-5,7,60-61H2,1,6H3/b11-9-,13-12-,15-14-,38-36-,39-19-,40-10-,59-37-,70-62-. The van der Waals surface area contributed by atoms with Crippen molar-refractivity contribution in [1.82, 2.24) is 9.13 Å². The lowest BCUT2D eigenvalue weighted by Gasteiger charge is -2.34. The van der Waals surface area contributed by atoms with Gasteiger partial charge in [0.1, 0.15) is 12.1 Å². The van der Waals surface area contributed by atoms with Gasteiger partial charge in [-0.15, -0.1) is 0 Å². The van der Waals surface area contributed by atoms with Gasteiger partial charge in [-0.2, -0.15) is 10.5 Å². The molecular weight excluding hydrogens is 1210 g/mol. The molecule has 2 aliphatic carbocycles. The largest absolute Gasteiger partial charge is 0.352 e. The van der Waals surface area contributed by atoms with E-state index >= 15 is 0 Å². The van der Waals surface area contributed by atoms with Crippen LogP contribution in [0.4, 0.5) is 17.1 Å². The van der Waals surface area contributed by atoms with Crippen molar-refractivity contribution in [2.45, 2.75) is 49.9 Å². The Labute approximate surface area is 586 Å². The molecule has 0 saturated carbocycles. The van der Waals surface area contributed by atoms with Crippen molar-refractivity contribution in [1.29, 1.82) is 10.5 Å². The van der Waals surface area contributed by atoms with Gasteiger partial charge in [0.05, 0.1) is 61.4 Å². The van der Waals surface area contributed by atoms with Crippen molar-refractivity contribution in [2.24, 2.45) is 0 Å². The zero-order chi connectivity index (χ0) is 68.7. The van der Waals surface area contributed by atoms with E-state index in [-0.39, 0.29) is 17.0 Å². The third-order valence-electron chi connectivity index (χ3n) is 19.6. The van der Waals surface area contributed by atoms with Crippen LogP contribution in [-0.2, 0) is 10.8 Å². The highest BCUT2D eigenvalue weighted by Gasteiger charge is 2.48. The highest BCUT2D eigenvalue weighted by Crippen LogP contribution is 2.60. The van der Waals surface area contributed by atoms with Crippen LogP contribution in [0.2, 0.25) is 0 Å². The summed E-state index contributed by atoms with van der Waals surface area (Å²) in [4.78, 5) is 0. The van der Waals surface area contributed by atoms with Gasteiger partial charge in [0, 0.05) is 49.8 Å². The lowest BCUT2D eigenvalue weighted by atomic mass is 9.67. The molecule has 6 heteroatoms. The molecular formula is C94H76N6. The van der Waals surface area contributed by atoms with E-state index < -0.39 is 10.8 Å². The number of anilines is 3. The monoisotopic (exact) mass is 1290 g/mol. The van der Waals surface area contributed by atoms with E-state index in [1.54, 1.807) is 0 Å². The second-order valence-electron chi connectivity index (χ2n) is 25.8.